The van der Waals surface area contributed by atoms with Crippen molar-refractivity contribution >= 4 is 5.71 Å². The van der Waals surface area contributed by atoms with E-state index in [1.54, 1.807) is 0 Å². The standard InChI is InChI=1S/C5H11NO3/c1-3(7)5(6-9)4(2)8/h3-4,7-9H,1-2H3. The SMILES string of the molecule is CC(O)C(=NO)C(C)O. The van der Waals surface area contributed by atoms with Crippen LogP contribution >= 0.6 is 0 Å². The van der Waals surface area contributed by atoms with E-state index in [4.69, 9.17) is 15.4 Å². The molecule has 0 heterocycles. The third kappa shape index (κ3) is 2.43. The molecular weight excluding hydrogens is 122 g/mol. The fourth-order valence-corrected chi connectivity index (χ4v) is 0.516. The highest BCUT2D eigenvalue weighted by atomic mass is 16.4. The summed E-state index contributed by atoms with van der Waals surface area (Å²) in [4.78, 5) is 0. The molecule has 0 aromatic heterocycles. The molecule has 9 heavy (non-hydrogen) atoms. The maximum absolute atomic E-state index is 8.73. The zero-order valence-corrected chi connectivity index (χ0v) is 5.44. The van der Waals surface area contributed by atoms with Crippen LogP contribution in [0, 0.1) is 0 Å². The third-order valence-corrected chi connectivity index (χ3v) is 0.972. The molecule has 2 atom stereocenters. The molecule has 54 valence electrons. The summed E-state index contributed by atoms with van der Waals surface area (Å²) < 4.78 is 0. The number of nitrogens with zero attached hydrogens (tertiary/aromatic N) is 1. The lowest BCUT2D eigenvalue weighted by molar-refractivity contribution is 0.200. The maximum Gasteiger partial charge on any atom is 0.113 e. The molecule has 0 spiro atoms. The molecule has 3 N–H and O–H groups in total. The molecule has 0 aromatic rings. The van der Waals surface area contributed by atoms with E-state index in [0.717, 1.165) is 0 Å². The van der Waals surface area contributed by atoms with Gasteiger partial charge < -0.3 is 15.4 Å². The summed E-state index contributed by atoms with van der Waals surface area (Å²) >= 11 is 0. The smallest absolute Gasteiger partial charge is 0.113 e. The molecule has 0 rings (SSSR count). The van der Waals surface area contributed by atoms with Gasteiger partial charge in [0.25, 0.3) is 0 Å². The molecule has 0 amide bonds. The Labute approximate surface area is 53.4 Å². The van der Waals surface area contributed by atoms with Crippen LogP contribution in [0.5, 0.6) is 0 Å². The minimum atomic E-state index is -0.894. The van der Waals surface area contributed by atoms with Gasteiger partial charge in [-0.3, -0.25) is 0 Å². The van der Waals surface area contributed by atoms with Crippen molar-refractivity contribution in [3.63, 3.8) is 0 Å². The van der Waals surface area contributed by atoms with Crippen LogP contribution in [0.15, 0.2) is 5.16 Å². The van der Waals surface area contributed by atoms with E-state index in [2.05, 4.69) is 5.16 Å². The molecule has 0 radical (unpaired) electrons. The largest absolute Gasteiger partial charge is 0.411 e. The van der Waals surface area contributed by atoms with Crippen LogP contribution in [-0.4, -0.2) is 33.3 Å². The van der Waals surface area contributed by atoms with Crippen LogP contribution in [0.1, 0.15) is 13.8 Å². The predicted octanol–water partition coefficient (Wildman–Crippen LogP) is -0.422. The van der Waals surface area contributed by atoms with Crippen molar-refractivity contribution < 1.29 is 15.4 Å². The van der Waals surface area contributed by atoms with Gasteiger partial charge in [-0.15, -0.1) is 0 Å². The Morgan fingerprint density at radius 3 is 1.56 bits per heavy atom. The summed E-state index contributed by atoms with van der Waals surface area (Å²) in [6.07, 6.45) is -1.79. The van der Waals surface area contributed by atoms with Crippen LogP contribution in [0.25, 0.3) is 0 Å². The van der Waals surface area contributed by atoms with Crippen molar-refractivity contribution in [3.05, 3.63) is 0 Å². The van der Waals surface area contributed by atoms with Crippen LogP contribution in [0.2, 0.25) is 0 Å². The van der Waals surface area contributed by atoms with Gasteiger partial charge >= 0.3 is 0 Å². The third-order valence-electron chi connectivity index (χ3n) is 0.972. The molecule has 0 aromatic carbocycles. The fourth-order valence-electron chi connectivity index (χ4n) is 0.516. The highest BCUT2D eigenvalue weighted by molar-refractivity contribution is 5.91. The molecule has 4 nitrogen and oxygen atoms in total. The first kappa shape index (κ1) is 8.39. The molecular formula is C5H11NO3. The van der Waals surface area contributed by atoms with Gasteiger partial charge in [0.05, 0.1) is 12.2 Å². The summed E-state index contributed by atoms with van der Waals surface area (Å²) in [5.74, 6) is 0. The van der Waals surface area contributed by atoms with E-state index in [9.17, 15) is 0 Å². The number of hydrogen-bond acceptors (Lipinski definition) is 4. The van der Waals surface area contributed by atoms with E-state index in [1.807, 2.05) is 0 Å². The molecule has 0 bridgehead atoms. The number of aliphatic hydroxyl groups is 2. The minimum Gasteiger partial charge on any atom is -0.411 e. The Morgan fingerprint density at radius 2 is 1.56 bits per heavy atom. The van der Waals surface area contributed by atoms with Crippen molar-refractivity contribution in [1.29, 1.82) is 0 Å². The monoisotopic (exact) mass is 133 g/mol. The number of oxime groups is 1. The van der Waals surface area contributed by atoms with E-state index in [0.29, 0.717) is 0 Å². The van der Waals surface area contributed by atoms with Crippen molar-refractivity contribution in [1.82, 2.24) is 0 Å². The number of rotatable bonds is 2. The Hall–Kier alpha value is -0.610. The molecule has 0 saturated heterocycles. The van der Waals surface area contributed by atoms with Gasteiger partial charge in [-0.2, -0.15) is 0 Å². The van der Waals surface area contributed by atoms with Crippen molar-refractivity contribution in [2.24, 2.45) is 5.16 Å². The highest BCUT2D eigenvalue weighted by Crippen LogP contribution is 1.92. The summed E-state index contributed by atoms with van der Waals surface area (Å²) in [5, 5.41) is 28.3. The Bertz CT molecular complexity index is 98.8. The topological polar surface area (TPSA) is 73.1 Å². The van der Waals surface area contributed by atoms with E-state index in [1.165, 1.54) is 13.8 Å². The first-order chi connectivity index (χ1) is 4.09. The molecule has 4 heteroatoms. The lowest BCUT2D eigenvalue weighted by Crippen LogP contribution is -2.27. The van der Waals surface area contributed by atoms with E-state index < -0.39 is 12.2 Å². The average Bonchev–Trinajstić information content (AvgIpc) is 1.64. The lowest BCUT2D eigenvalue weighted by Gasteiger charge is -2.08. The average molecular weight is 133 g/mol. The van der Waals surface area contributed by atoms with Gasteiger partial charge in [0, 0.05) is 0 Å². The van der Waals surface area contributed by atoms with Gasteiger partial charge in [0.1, 0.15) is 5.71 Å². The summed E-state index contributed by atoms with van der Waals surface area (Å²) in [7, 11) is 0. The van der Waals surface area contributed by atoms with Crippen molar-refractivity contribution in [2.75, 3.05) is 0 Å². The van der Waals surface area contributed by atoms with Gasteiger partial charge in [-0.1, -0.05) is 5.16 Å². The van der Waals surface area contributed by atoms with Crippen LogP contribution in [-0.2, 0) is 0 Å². The first-order valence-corrected chi connectivity index (χ1v) is 2.67. The zero-order chi connectivity index (χ0) is 7.44. The van der Waals surface area contributed by atoms with Gasteiger partial charge in [0.2, 0.25) is 0 Å². The van der Waals surface area contributed by atoms with E-state index >= 15 is 0 Å². The van der Waals surface area contributed by atoms with Crippen LogP contribution in [0.3, 0.4) is 0 Å². The van der Waals surface area contributed by atoms with Crippen LogP contribution in [0.4, 0.5) is 0 Å². The summed E-state index contributed by atoms with van der Waals surface area (Å²) in [5.41, 5.74) is -0.0185. The summed E-state index contributed by atoms with van der Waals surface area (Å²) in [6, 6.07) is 0. The molecule has 0 fully saturated rings. The fraction of sp³-hybridized carbons (Fsp3) is 0.800. The maximum atomic E-state index is 8.73. The molecule has 0 aliphatic carbocycles. The van der Waals surface area contributed by atoms with Crippen molar-refractivity contribution in [3.8, 4) is 0 Å². The van der Waals surface area contributed by atoms with Gasteiger partial charge in [0.15, 0.2) is 0 Å². The Morgan fingerprint density at radius 1 is 1.22 bits per heavy atom. The van der Waals surface area contributed by atoms with E-state index in [-0.39, 0.29) is 5.71 Å². The molecule has 0 saturated carbocycles. The highest BCUT2D eigenvalue weighted by Gasteiger charge is 2.12. The molecule has 2 unspecified atom stereocenters. The Kier molecular flexibility index (Phi) is 3.19. The van der Waals surface area contributed by atoms with Gasteiger partial charge in [-0.05, 0) is 13.8 Å². The normalized spacial score (nSPS) is 16.4. The van der Waals surface area contributed by atoms with Crippen molar-refractivity contribution in [2.45, 2.75) is 26.1 Å². The second kappa shape index (κ2) is 3.42. The number of aliphatic hydroxyl groups excluding tert-OH is 2. The quantitative estimate of drug-likeness (QED) is 0.272. The zero-order valence-electron chi connectivity index (χ0n) is 5.44. The molecule has 0 aliphatic rings. The first-order valence-electron chi connectivity index (χ1n) is 2.67. The second-order valence-electron chi connectivity index (χ2n) is 1.88. The lowest BCUT2D eigenvalue weighted by atomic mass is 10.1. The number of hydrogen-bond donors (Lipinski definition) is 3. The second-order valence-corrected chi connectivity index (χ2v) is 1.88. The van der Waals surface area contributed by atoms with Gasteiger partial charge in [-0.25, -0.2) is 0 Å². The summed E-state index contributed by atoms with van der Waals surface area (Å²) in [6.45, 7) is 2.84. The Balaban J connectivity index is 4.01. The predicted molar refractivity (Wildman–Crippen MR) is 32.6 cm³/mol. The van der Waals surface area contributed by atoms with Crippen LogP contribution < -0.4 is 0 Å². The molecule has 0 aliphatic heterocycles. The minimum absolute atomic E-state index is 0.0185.